The minimum Gasteiger partial charge on any atom is -0.364 e. The third-order valence-electron chi connectivity index (χ3n) is 2.75. The number of nitrogens with one attached hydrogen (secondary N) is 3. The topological polar surface area (TPSA) is 136 Å². The summed E-state index contributed by atoms with van der Waals surface area (Å²) in [7, 11) is -2.66. The largest absolute Gasteiger partial charge is 0.364 e. The van der Waals surface area contributed by atoms with Gasteiger partial charge in [0.15, 0.2) is 11.5 Å². The zero-order valence-corrected chi connectivity index (χ0v) is 14.8. The Kier molecular flexibility index (Phi) is 5.85. The first-order valence-electron chi connectivity index (χ1n) is 6.52. The van der Waals surface area contributed by atoms with Gasteiger partial charge in [-0.2, -0.15) is 0 Å². The molecule has 0 saturated carbocycles. The second-order valence-electron chi connectivity index (χ2n) is 4.77. The zero-order valence-electron chi connectivity index (χ0n) is 12.4. The van der Waals surface area contributed by atoms with Crippen molar-refractivity contribution in [1.29, 1.82) is 4.78 Å². The molecule has 9 nitrogen and oxygen atoms in total. The van der Waals surface area contributed by atoms with Gasteiger partial charge in [-0.05, 0) is 38.4 Å². The maximum Gasteiger partial charge on any atom is 0.202 e. The number of halogens is 2. The maximum absolute atomic E-state index is 13.5. The first-order chi connectivity index (χ1) is 11.3. The Morgan fingerprint density at radius 3 is 2.92 bits per heavy atom. The number of hydrogen-bond acceptors (Lipinski definition) is 8. The van der Waals surface area contributed by atoms with Gasteiger partial charge in [0.2, 0.25) is 5.82 Å². The average Bonchev–Trinajstić information content (AvgIpc) is 2.95. The van der Waals surface area contributed by atoms with Gasteiger partial charge < -0.3 is 5.32 Å². The van der Waals surface area contributed by atoms with Crippen LogP contribution in [-0.2, 0) is 9.73 Å². The van der Waals surface area contributed by atoms with Crippen molar-refractivity contribution in [3.8, 4) is 0 Å². The van der Waals surface area contributed by atoms with Gasteiger partial charge in [-0.15, -0.1) is 0 Å². The molecule has 0 saturated heterocycles. The van der Waals surface area contributed by atoms with Crippen molar-refractivity contribution in [3.63, 3.8) is 0 Å². The molecule has 0 aliphatic carbocycles. The molecule has 1 heterocycles. The number of nitrogens with zero attached hydrogens (tertiary/aromatic N) is 3. The van der Waals surface area contributed by atoms with Crippen LogP contribution in [0.3, 0.4) is 0 Å². The number of rotatable bonds is 6. The minimum absolute atomic E-state index is 0.0495. The monoisotopic (exact) mass is 420 g/mol. The first-order valence-corrected chi connectivity index (χ1v) is 9.45. The molecule has 130 valence electrons. The third kappa shape index (κ3) is 4.97. The smallest absolute Gasteiger partial charge is 0.202 e. The lowest BCUT2D eigenvalue weighted by atomic mass is 10.3. The van der Waals surface area contributed by atoms with Gasteiger partial charge in [0.05, 0.1) is 10.2 Å². The lowest BCUT2D eigenvalue weighted by Gasteiger charge is -2.06. The lowest BCUT2D eigenvalue weighted by molar-refractivity contribution is 0.234. The molecule has 0 aliphatic rings. The van der Waals surface area contributed by atoms with E-state index in [2.05, 4.69) is 41.2 Å². The number of benzene rings is 1. The van der Waals surface area contributed by atoms with E-state index in [1.807, 2.05) is 5.48 Å². The van der Waals surface area contributed by atoms with Crippen molar-refractivity contribution < 1.29 is 18.4 Å². The Balaban J connectivity index is 2.23. The van der Waals surface area contributed by atoms with E-state index in [1.54, 1.807) is 0 Å². The summed E-state index contributed by atoms with van der Waals surface area (Å²) in [4.78, 5) is 4.04. The predicted octanol–water partition coefficient (Wildman–Crippen LogP) is 2.12. The maximum atomic E-state index is 13.5. The van der Waals surface area contributed by atoms with Gasteiger partial charge in [-0.3, -0.25) is 19.7 Å². The fraction of sp³-hybridized carbons (Fsp3) is 0.250. The fourth-order valence-corrected chi connectivity index (χ4v) is 2.38. The molecule has 12 heteroatoms. The van der Waals surface area contributed by atoms with Gasteiger partial charge in [-0.25, -0.2) is 14.0 Å². The normalized spacial score (nSPS) is 14.2. The summed E-state index contributed by atoms with van der Waals surface area (Å²) in [6.45, 7) is 0.186. The molecule has 4 N–H and O–H groups in total. The lowest BCUT2D eigenvalue weighted by Crippen LogP contribution is -2.23. The molecule has 0 fully saturated rings. The standard InChI is InChI=1S/C12H14BrFN6O3S/c1-24(15,22)5-4-16-11-10(19-23-20-11)12(18-21)17-7-2-3-8(13)9(14)6-7/h2-3,6,15,21H,4-5H2,1H3,(H,16,20)(H,17,18). The number of aromatic nitrogens is 2. The van der Waals surface area contributed by atoms with Crippen molar-refractivity contribution in [2.75, 3.05) is 23.9 Å². The molecule has 24 heavy (non-hydrogen) atoms. The third-order valence-corrected chi connectivity index (χ3v) is 4.37. The number of anilines is 1. The molecule has 0 radical (unpaired) electrons. The van der Waals surface area contributed by atoms with Crippen molar-refractivity contribution >= 4 is 43.0 Å². The Morgan fingerprint density at radius 1 is 1.54 bits per heavy atom. The summed E-state index contributed by atoms with van der Waals surface area (Å²) in [6.07, 6.45) is 1.32. The number of aliphatic imine (C=N–C) groups is 1. The van der Waals surface area contributed by atoms with E-state index in [1.165, 1.54) is 18.4 Å². The van der Waals surface area contributed by atoms with Crippen LogP contribution in [0, 0.1) is 10.6 Å². The summed E-state index contributed by atoms with van der Waals surface area (Å²) in [5, 5.41) is 19.3. The number of hydrogen-bond donors (Lipinski definition) is 4. The van der Waals surface area contributed by atoms with Crippen molar-refractivity contribution in [2.24, 2.45) is 4.99 Å². The van der Waals surface area contributed by atoms with Gasteiger partial charge in [0.1, 0.15) is 5.82 Å². The van der Waals surface area contributed by atoms with E-state index in [4.69, 9.17) is 4.78 Å². The Hall–Kier alpha value is -2.05. The van der Waals surface area contributed by atoms with Gasteiger partial charge in [0, 0.05) is 34.3 Å². The van der Waals surface area contributed by atoms with Crippen LogP contribution in [0.4, 0.5) is 15.9 Å². The molecule has 0 bridgehead atoms. The molecule has 1 aromatic carbocycles. The molecule has 2 aromatic rings. The highest BCUT2D eigenvalue weighted by molar-refractivity contribution is 9.10. The van der Waals surface area contributed by atoms with Crippen molar-refractivity contribution in [1.82, 2.24) is 15.8 Å². The van der Waals surface area contributed by atoms with Crippen LogP contribution in [0.5, 0.6) is 0 Å². The molecular formula is C12H14BrFN6O3S. The van der Waals surface area contributed by atoms with Crippen molar-refractivity contribution in [2.45, 2.75) is 0 Å². The van der Waals surface area contributed by atoms with Crippen LogP contribution in [0.2, 0.25) is 0 Å². The summed E-state index contributed by atoms with van der Waals surface area (Å²) < 4.78 is 37.1. The minimum atomic E-state index is -2.66. The van der Waals surface area contributed by atoms with Crippen LogP contribution in [0.25, 0.3) is 0 Å². The van der Waals surface area contributed by atoms with E-state index in [0.717, 1.165) is 6.07 Å². The SMILES string of the molecule is CS(=N)(=O)CCNc1nonc1C(=Nc1ccc(Br)c(F)c1)NO. The van der Waals surface area contributed by atoms with Crippen molar-refractivity contribution in [3.05, 3.63) is 34.2 Å². The van der Waals surface area contributed by atoms with Gasteiger partial charge in [-0.1, -0.05) is 0 Å². The van der Waals surface area contributed by atoms with Crippen LogP contribution in [0.1, 0.15) is 5.69 Å². The highest BCUT2D eigenvalue weighted by Gasteiger charge is 2.17. The number of hydroxylamine groups is 1. The molecule has 0 aliphatic heterocycles. The van der Waals surface area contributed by atoms with Crippen LogP contribution in [-0.4, -0.2) is 44.1 Å². The highest BCUT2D eigenvalue weighted by atomic mass is 79.9. The molecule has 1 unspecified atom stereocenters. The molecule has 1 atom stereocenters. The van der Waals surface area contributed by atoms with Crippen LogP contribution >= 0.6 is 15.9 Å². The molecule has 1 aromatic heterocycles. The fourth-order valence-electron chi connectivity index (χ4n) is 1.64. The summed E-state index contributed by atoms with van der Waals surface area (Å²) >= 11 is 3.03. The summed E-state index contributed by atoms with van der Waals surface area (Å²) in [6, 6.07) is 4.15. The zero-order chi connectivity index (χ0) is 17.7. The Bertz CT molecular complexity index is 854. The predicted molar refractivity (Wildman–Crippen MR) is 89.7 cm³/mol. The summed E-state index contributed by atoms with van der Waals surface area (Å²) in [5.41, 5.74) is 2.13. The Labute approximate surface area is 145 Å². The molecule has 0 spiro atoms. The molecule has 2 rings (SSSR count). The van der Waals surface area contributed by atoms with Gasteiger partial charge in [0.25, 0.3) is 0 Å². The quantitative estimate of drug-likeness (QED) is 0.319. The second-order valence-corrected chi connectivity index (χ2v) is 8.04. The van der Waals surface area contributed by atoms with E-state index in [0.29, 0.717) is 0 Å². The highest BCUT2D eigenvalue weighted by Crippen LogP contribution is 2.22. The second kappa shape index (κ2) is 7.68. The molecular weight excluding hydrogens is 407 g/mol. The van der Waals surface area contributed by atoms with E-state index >= 15 is 0 Å². The average molecular weight is 421 g/mol. The number of amidine groups is 1. The van der Waals surface area contributed by atoms with E-state index in [9.17, 15) is 13.8 Å². The van der Waals surface area contributed by atoms with Gasteiger partial charge >= 0.3 is 0 Å². The summed E-state index contributed by atoms with van der Waals surface area (Å²) in [5.74, 6) is -0.408. The Morgan fingerprint density at radius 2 is 2.29 bits per heavy atom. The van der Waals surface area contributed by atoms with Crippen LogP contribution < -0.4 is 10.8 Å². The van der Waals surface area contributed by atoms with Crippen LogP contribution in [0.15, 0.2) is 32.3 Å². The van der Waals surface area contributed by atoms with E-state index in [-0.39, 0.29) is 39.8 Å². The first kappa shape index (κ1) is 18.3. The van der Waals surface area contributed by atoms with E-state index < -0.39 is 15.5 Å². The molecule has 0 amide bonds.